The fraction of sp³-hybridized carbons (Fsp3) is 0.100. The average Bonchev–Trinajstić information content (AvgIpc) is 3.33. The quantitative estimate of drug-likeness (QED) is 0.575. The van der Waals surface area contributed by atoms with Crippen molar-refractivity contribution in [2.75, 3.05) is 5.32 Å². The van der Waals surface area contributed by atoms with Crippen molar-refractivity contribution in [3.8, 4) is 11.3 Å². The highest BCUT2D eigenvalue weighted by molar-refractivity contribution is 5.89. The molecule has 4 aromatic rings. The molecular formula is C20H18N6O. The van der Waals surface area contributed by atoms with E-state index in [-0.39, 0.29) is 12.5 Å². The number of anilines is 1. The molecule has 0 spiro atoms. The van der Waals surface area contributed by atoms with Crippen LogP contribution in [-0.4, -0.2) is 30.5 Å². The molecule has 1 N–H and O–H groups in total. The number of carbonyl (C=O) groups is 1. The number of benzene rings is 1. The van der Waals surface area contributed by atoms with Gasteiger partial charge < -0.3 is 5.32 Å². The molecule has 0 bridgehead atoms. The fourth-order valence-electron chi connectivity index (χ4n) is 2.73. The molecule has 0 saturated heterocycles. The Balaban J connectivity index is 1.35. The maximum Gasteiger partial charge on any atom is 0.247 e. The number of nitrogens with zero attached hydrogens (tertiary/aromatic N) is 5. The van der Waals surface area contributed by atoms with E-state index in [0.717, 1.165) is 16.8 Å². The Labute approximate surface area is 156 Å². The first-order valence-electron chi connectivity index (χ1n) is 8.57. The highest BCUT2D eigenvalue weighted by Crippen LogP contribution is 2.14. The van der Waals surface area contributed by atoms with Crippen LogP contribution in [0.4, 0.5) is 5.82 Å². The van der Waals surface area contributed by atoms with Gasteiger partial charge in [-0.3, -0.25) is 19.1 Å². The highest BCUT2D eigenvalue weighted by Gasteiger charge is 2.09. The topological polar surface area (TPSA) is 77.6 Å². The maximum atomic E-state index is 12.3. The van der Waals surface area contributed by atoms with Gasteiger partial charge in [-0.1, -0.05) is 36.4 Å². The van der Waals surface area contributed by atoms with Gasteiger partial charge in [0.1, 0.15) is 6.54 Å². The van der Waals surface area contributed by atoms with Gasteiger partial charge in [0, 0.05) is 30.2 Å². The van der Waals surface area contributed by atoms with Crippen molar-refractivity contribution >= 4 is 11.7 Å². The van der Waals surface area contributed by atoms with E-state index in [2.05, 4.69) is 20.5 Å². The van der Waals surface area contributed by atoms with Crippen LogP contribution in [0.15, 0.2) is 79.4 Å². The van der Waals surface area contributed by atoms with Crippen LogP contribution in [0.3, 0.4) is 0 Å². The lowest BCUT2D eigenvalue weighted by Gasteiger charge is -2.03. The van der Waals surface area contributed by atoms with Crippen LogP contribution >= 0.6 is 0 Å². The Morgan fingerprint density at radius 1 is 1.00 bits per heavy atom. The van der Waals surface area contributed by atoms with Gasteiger partial charge in [0.05, 0.1) is 18.4 Å². The second-order valence-electron chi connectivity index (χ2n) is 6.07. The Kier molecular flexibility index (Phi) is 4.74. The van der Waals surface area contributed by atoms with Crippen molar-refractivity contribution in [3.05, 3.63) is 84.9 Å². The number of rotatable bonds is 6. The van der Waals surface area contributed by atoms with Crippen LogP contribution in [0, 0.1) is 0 Å². The van der Waals surface area contributed by atoms with Gasteiger partial charge in [0.25, 0.3) is 0 Å². The molecule has 4 rings (SSSR count). The lowest BCUT2D eigenvalue weighted by molar-refractivity contribution is -0.116. The average molecular weight is 358 g/mol. The van der Waals surface area contributed by atoms with E-state index in [1.165, 1.54) is 0 Å². The summed E-state index contributed by atoms with van der Waals surface area (Å²) in [6.07, 6.45) is 7.07. The highest BCUT2D eigenvalue weighted by atomic mass is 16.2. The SMILES string of the molecule is O=C(Cn1cc(-c2ccccn2)cn1)Nc1ccn(Cc2ccccc2)n1. The van der Waals surface area contributed by atoms with E-state index >= 15 is 0 Å². The number of nitrogens with one attached hydrogen (secondary N) is 1. The summed E-state index contributed by atoms with van der Waals surface area (Å²) in [4.78, 5) is 16.5. The zero-order chi connectivity index (χ0) is 18.5. The van der Waals surface area contributed by atoms with E-state index in [9.17, 15) is 4.79 Å². The smallest absolute Gasteiger partial charge is 0.247 e. The van der Waals surface area contributed by atoms with Gasteiger partial charge in [-0.25, -0.2) is 0 Å². The molecule has 7 heteroatoms. The van der Waals surface area contributed by atoms with E-state index in [1.54, 1.807) is 34.0 Å². The first kappa shape index (κ1) is 16.7. The van der Waals surface area contributed by atoms with Crippen molar-refractivity contribution < 1.29 is 4.79 Å². The van der Waals surface area contributed by atoms with Gasteiger partial charge in [-0.15, -0.1) is 0 Å². The van der Waals surface area contributed by atoms with Crippen molar-refractivity contribution in [2.24, 2.45) is 0 Å². The third-order valence-electron chi connectivity index (χ3n) is 4.00. The maximum absolute atomic E-state index is 12.3. The predicted molar refractivity (Wildman–Crippen MR) is 102 cm³/mol. The molecule has 1 amide bonds. The first-order chi connectivity index (χ1) is 13.3. The standard InChI is InChI=1S/C20H18N6O/c27-20(15-26-14-17(12-22-26)18-8-4-5-10-21-18)23-19-9-11-25(24-19)13-16-6-2-1-3-7-16/h1-12,14H,13,15H2,(H,23,24,27). The number of carbonyl (C=O) groups excluding carboxylic acids is 1. The van der Waals surface area contributed by atoms with Gasteiger partial charge in [0.2, 0.25) is 5.91 Å². The normalized spacial score (nSPS) is 10.7. The summed E-state index contributed by atoms with van der Waals surface area (Å²) >= 11 is 0. The summed E-state index contributed by atoms with van der Waals surface area (Å²) in [5.74, 6) is 0.337. The summed E-state index contributed by atoms with van der Waals surface area (Å²) in [6.45, 7) is 0.766. The Bertz CT molecular complexity index is 1020. The van der Waals surface area contributed by atoms with Crippen LogP contribution in [0.25, 0.3) is 11.3 Å². The molecule has 134 valence electrons. The number of amides is 1. The largest absolute Gasteiger partial charge is 0.308 e. The van der Waals surface area contributed by atoms with E-state index < -0.39 is 0 Å². The molecule has 27 heavy (non-hydrogen) atoms. The molecule has 0 radical (unpaired) electrons. The third kappa shape index (κ3) is 4.27. The van der Waals surface area contributed by atoms with E-state index in [1.807, 2.05) is 54.7 Å². The molecule has 0 saturated carbocycles. The minimum atomic E-state index is -0.185. The molecule has 0 aliphatic rings. The van der Waals surface area contributed by atoms with Crippen molar-refractivity contribution in [1.29, 1.82) is 0 Å². The summed E-state index contributed by atoms with van der Waals surface area (Å²) in [5.41, 5.74) is 2.84. The zero-order valence-electron chi connectivity index (χ0n) is 14.6. The minimum Gasteiger partial charge on any atom is -0.308 e. The minimum absolute atomic E-state index is 0.110. The Morgan fingerprint density at radius 2 is 1.85 bits per heavy atom. The Morgan fingerprint density at radius 3 is 2.67 bits per heavy atom. The lowest BCUT2D eigenvalue weighted by atomic mass is 10.2. The lowest BCUT2D eigenvalue weighted by Crippen LogP contribution is -2.19. The van der Waals surface area contributed by atoms with Gasteiger partial charge >= 0.3 is 0 Å². The molecule has 0 aliphatic heterocycles. The first-order valence-corrected chi connectivity index (χ1v) is 8.57. The Hall–Kier alpha value is -3.74. The molecule has 3 heterocycles. The molecular weight excluding hydrogens is 340 g/mol. The van der Waals surface area contributed by atoms with Crippen LogP contribution in [0.2, 0.25) is 0 Å². The monoisotopic (exact) mass is 358 g/mol. The van der Waals surface area contributed by atoms with E-state index in [4.69, 9.17) is 0 Å². The molecule has 1 aromatic carbocycles. The molecule has 7 nitrogen and oxygen atoms in total. The summed E-state index contributed by atoms with van der Waals surface area (Å²) in [6, 6.07) is 17.5. The zero-order valence-corrected chi connectivity index (χ0v) is 14.6. The van der Waals surface area contributed by atoms with Crippen molar-refractivity contribution in [2.45, 2.75) is 13.1 Å². The van der Waals surface area contributed by atoms with Crippen LogP contribution in [0.5, 0.6) is 0 Å². The summed E-state index contributed by atoms with van der Waals surface area (Å²) in [5, 5.41) is 11.4. The van der Waals surface area contributed by atoms with Crippen molar-refractivity contribution in [3.63, 3.8) is 0 Å². The fourth-order valence-corrected chi connectivity index (χ4v) is 2.73. The summed E-state index contributed by atoms with van der Waals surface area (Å²) in [7, 11) is 0. The van der Waals surface area contributed by atoms with Gasteiger partial charge in [0.15, 0.2) is 5.82 Å². The number of aromatic nitrogens is 5. The van der Waals surface area contributed by atoms with Crippen LogP contribution < -0.4 is 5.32 Å². The molecule has 0 unspecified atom stereocenters. The summed E-state index contributed by atoms with van der Waals surface area (Å²) < 4.78 is 3.37. The number of pyridine rings is 1. The molecule has 3 aromatic heterocycles. The molecule has 0 fully saturated rings. The van der Waals surface area contributed by atoms with Gasteiger partial charge in [-0.2, -0.15) is 10.2 Å². The third-order valence-corrected chi connectivity index (χ3v) is 4.00. The van der Waals surface area contributed by atoms with E-state index in [0.29, 0.717) is 12.4 Å². The van der Waals surface area contributed by atoms with Crippen LogP contribution in [-0.2, 0) is 17.9 Å². The van der Waals surface area contributed by atoms with Crippen molar-refractivity contribution in [1.82, 2.24) is 24.5 Å². The molecule has 0 atom stereocenters. The van der Waals surface area contributed by atoms with Gasteiger partial charge in [-0.05, 0) is 17.7 Å². The molecule has 0 aliphatic carbocycles. The number of hydrogen-bond acceptors (Lipinski definition) is 4. The number of hydrogen-bond donors (Lipinski definition) is 1. The second-order valence-corrected chi connectivity index (χ2v) is 6.07. The van der Waals surface area contributed by atoms with Crippen LogP contribution in [0.1, 0.15) is 5.56 Å². The second kappa shape index (κ2) is 7.65. The predicted octanol–water partition coefficient (Wildman–Crippen LogP) is 2.83.